The van der Waals surface area contributed by atoms with Crippen LogP contribution < -0.4 is 10.0 Å². The molecule has 28 heavy (non-hydrogen) atoms. The van der Waals surface area contributed by atoms with Gasteiger partial charge in [-0.25, -0.2) is 13.4 Å². The molecule has 0 bridgehead atoms. The van der Waals surface area contributed by atoms with Crippen LogP contribution in [0.2, 0.25) is 5.02 Å². The number of carbonyl (C=O) groups is 1. The molecule has 3 aromatic rings. The standard InChI is InChI=1S/C19H19ClN4O3S/c1-12-5-4-6-21-18(12)24-11-14(7-13(24)2)19(25)22-16-8-15(20)9-17(10-16)23-28(3,26)27/h4-11,23H,1-3H3,(H,22,25). The summed E-state index contributed by atoms with van der Waals surface area (Å²) in [5, 5.41) is 3.03. The van der Waals surface area contributed by atoms with Gasteiger partial charge in [-0.05, 0) is 49.7 Å². The highest BCUT2D eigenvalue weighted by Gasteiger charge is 2.14. The number of pyridine rings is 1. The maximum atomic E-state index is 12.7. The van der Waals surface area contributed by atoms with Gasteiger partial charge in [-0.2, -0.15) is 0 Å². The van der Waals surface area contributed by atoms with Crippen LogP contribution in [0.1, 0.15) is 21.6 Å². The van der Waals surface area contributed by atoms with E-state index in [1.165, 1.54) is 12.1 Å². The molecule has 2 heterocycles. The summed E-state index contributed by atoms with van der Waals surface area (Å²) in [7, 11) is -3.46. The van der Waals surface area contributed by atoms with Gasteiger partial charge in [-0.15, -0.1) is 0 Å². The van der Waals surface area contributed by atoms with Crippen molar-refractivity contribution in [1.29, 1.82) is 0 Å². The Balaban J connectivity index is 1.86. The number of anilines is 2. The van der Waals surface area contributed by atoms with E-state index in [2.05, 4.69) is 15.0 Å². The highest BCUT2D eigenvalue weighted by Crippen LogP contribution is 2.24. The lowest BCUT2D eigenvalue weighted by Crippen LogP contribution is -2.13. The third kappa shape index (κ3) is 4.71. The van der Waals surface area contributed by atoms with E-state index >= 15 is 0 Å². The van der Waals surface area contributed by atoms with E-state index in [1.807, 2.05) is 30.5 Å². The number of nitrogens with zero attached hydrogens (tertiary/aromatic N) is 2. The molecule has 0 fully saturated rings. The van der Waals surface area contributed by atoms with E-state index in [0.717, 1.165) is 23.3 Å². The molecule has 0 atom stereocenters. The summed E-state index contributed by atoms with van der Waals surface area (Å²) >= 11 is 6.04. The fourth-order valence-corrected chi connectivity index (χ4v) is 3.57. The number of amides is 1. The summed E-state index contributed by atoms with van der Waals surface area (Å²) in [4.78, 5) is 17.0. The number of halogens is 1. The molecule has 0 spiro atoms. The van der Waals surface area contributed by atoms with Gasteiger partial charge >= 0.3 is 0 Å². The topological polar surface area (TPSA) is 93.1 Å². The molecular formula is C19H19ClN4O3S. The Bertz CT molecular complexity index is 1160. The first-order valence-corrected chi connectivity index (χ1v) is 10.6. The number of nitrogens with one attached hydrogen (secondary N) is 2. The van der Waals surface area contributed by atoms with E-state index in [1.54, 1.807) is 24.5 Å². The zero-order valence-corrected chi connectivity index (χ0v) is 17.1. The van der Waals surface area contributed by atoms with Gasteiger partial charge in [0.05, 0.1) is 17.5 Å². The zero-order chi connectivity index (χ0) is 20.5. The lowest BCUT2D eigenvalue weighted by Gasteiger charge is -2.09. The van der Waals surface area contributed by atoms with Gasteiger partial charge in [0.25, 0.3) is 5.91 Å². The molecule has 2 N–H and O–H groups in total. The van der Waals surface area contributed by atoms with Gasteiger partial charge in [-0.3, -0.25) is 9.52 Å². The number of benzene rings is 1. The second-order valence-electron chi connectivity index (χ2n) is 6.44. The van der Waals surface area contributed by atoms with Gasteiger partial charge in [0.2, 0.25) is 10.0 Å². The quantitative estimate of drug-likeness (QED) is 0.659. The molecule has 1 amide bonds. The second-order valence-corrected chi connectivity index (χ2v) is 8.63. The van der Waals surface area contributed by atoms with E-state index in [9.17, 15) is 13.2 Å². The fraction of sp³-hybridized carbons (Fsp3) is 0.158. The van der Waals surface area contributed by atoms with Crippen molar-refractivity contribution in [1.82, 2.24) is 9.55 Å². The lowest BCUT2D eigenvalue weighted by atomic mass is 10.2. The van der Waals surface area contributed by atoms with E-state index in [4.69, 9.17) is 11.6 Å². The number of hydrogen-bond acceptors (Lipinski definition) is 4. The lowest BCUT2D eigenvalue weighted by molar-refractivity contribution is 0.102. The van der Waals surface area contributed by atoms with Crippen LogP contribution in [0.25, 0.3) is 5.82 Å². The number of sulfonamides is 1. The second kappa shape index (κ2) is 7.65. The number of hydrogen-bond donors (Lipinski definition) is 2. The summed E-state index contributed by atoms with van der Waals surface area (Å²) in [5.74, 6) is 0.407. The summed E-state index contributed by atoms with van der Waals surface area (Å²) in [6.07, 6.45) is 4.45. The van der Waals surface area contributed by atoms with Crippen molar-refractivity contribution in [3.05, 3.63) is 70.6 Å². The van der Waals surface area contributed by atoms with Crippen molar-refractivity contribution >= 4 is 38.9 Å². The average molecular weight is 419 g/mol. The van der Waals surface area contributed by atoms with Crippen LogP contribution in [0.5, 0.6) is 0 Å². The number of aryl methyl sites for hydroxylation is 2. The first kappa shape index (κ1) is 19.9. The molecule has 0 saturated carbocycles. The first-order valence-electron chi connectivity index (χ1n) is 8.33. The Morgan fingerprint density at radius 3 is 2.54 bits per heavy atom. The van der Waals surface area contributed by atoms with Gasteiger partial charge in [-0.1, -0.05) is 17.7 Å². The zero-order valence-electron chi connectivity index (χ0n) is 15.5. The van der Waals surface area contributed by atoms with Crippen LogP contribution in [0.15, 0.2) is 48.8 Å². The van der Waals surface area contributed by atoms with Crippen LogP contribution in [0.3, 0.4) is 0 Å². The number of carbonyl (C=O) groups excluding carboxylic acids is 1. The first-order chi connectivity index (χ1) is 13.1. The maximum absolute atomic E-state index is 12.7. The van der Waals surface area contributed by atoms with Crippen molar-refractivity contribution in [3.63, 3.8) is 0 Å². The molecule has 2 aromatic heterocycles. The summed E-state index contributed by atoms with van der Waals surface area (Å²) in [6, 6.07) is 10.1. The minimum atomic E-state index is -3.46. The Morgan fingerprint density at radius 2 is 1.86 bits per heavy atom. The Morgan fingerprint density at radius 1 is 1.14 bits per heavy atom. The highest BCUT2D eigenvalue weighted by atomic mass is 35.5. The third-order valence-electron chi connectivity index (χ3n) is 3.94. The molecule has 0 aliphatic heterocycles. The molecule has 1 aromatic carbocycles. The Kier molecular flexibility index (Phi) is 5.44. The van der Waals surface area contributed by atoms with Crippen molar-refractivity contribution in [2.24, 2.45) is 0 Å². The van der Waals surface area contributed by atoms with Crippen LogP contribution in [0, 0.1) is 13.8 Å². The van der Waals surface area contributed by atoms with Crippen molar-refractivity contribution < 1.29 is 13.2 Å². The van der Waals surface area contributed by atoms with Crippen molar-refractivity contribution in [2.75, 3.05) is 16.3 Å². The van der Waals surface area contributed by atoms with Gasteiger partial charge in [0.1, 0.15) is 5.82 Å². The van der Waals surface area contributed by atoms with E-state index < -0.39 is 10.0 Å². The highest BCUT2D eigenvalue weighted by molar-refractivity contribution is 7.92. The maximum Gasteiger partial charge on any atom is 0.257 e. The molecule has 7 nitrogen and oxygen atoms in total. The monoisotopic (exact) mass is 418 g/mol. The molecule has 146 valence electrons. The SMILES string of the molecule is Cc1cccnc1-n1cc(C(=O)Nc2cc(Cl)cc(NS(C)(=O)=O)c2)cc1C. The van der Waals surface area contributed by atoms with Crippen LogP contribution in [-0.2, 0) is 10.0 Å². The largest absolute Gasteiger partial charge is 0.322 e. The van der Waals surface area contributed by atoms with Gasteiger partial charge in [0, 0.05) is 28.8 Å². The van der Waals surface area contributed by atoms with Gasteiger partial charge < -0.3 is 9.88 Å². The molecule has 0 aliphatic rings. The van der Waals surface area contributed by atoms with Crippen molar-refractivity contribution in [3.8, 4) is 5.82 Å². The predicted molar refractivity (Wildman–Crippen MR) is 111 cm³/mol. The van der Waals surface area contributed by atoms with E-state index in [-0.39, 0.29) is 11.6 Å². The van der Waals surface area contributed by atoms with Crippen LogP contribution in [0.4, 0.5) is 11.4 Å². The summed E-state index contributed by atoms with van der Waals surface area (Å²) in [5.41, 5.74) is 2.93. The molecule has 0 aliphatic carbocycles. The van der Waals surface area contributed by atoms with Crippen LogP contribution in [-0.4, -0.2) is 30.1 Å². The summed E-state index contributed by atoms with van der Waals surface area (Å²) < 4.78 is 27.0. The van der Waals surface area contributed by atoms with E-state index in [0.29, 0.717) is 16.3 Å². The average Bonchev–Trinajstić information content (AvgIpc) is 2.95. The molecular weight excluding hydrogens is 400 g/mol. The fourth-order valence-electron chi connectivity index (χ4n) is 2.79. The Labute approximate surface area is 168 Å². The number of aromatic nitrogens is 2. The molecule has 0 unspecified atom stereocenters. The smallest absolute Gasteiger partial charge is 0.257 e. The predicted octanol–water partition coefficient (Wildman–Crippen LogP) is 3.77. The molecule has 0 saturated heterocycles. The minimum Gasteiger partial charge on any atom is -0.322 e. The van der Waals surface area contributed by atoms with Crippen molar-refractivity contribution in [2.45, 2.75) is 13.8 Å². The third-order valence-corrected chi connectivity index (χ3v) is 4.77. The minimum absolute atomic E-state index is 0.267. The van der Waals surface area contributed by atoms with Crippen LogP contribution >= 0.6 is 11.6 Å². The number of rotatable bonds is 5. The molecule has 9 heteroatoms. The Hall–Kier alpha value is -2.84. The van der Waals surface area contributed by atoms with Gasteiger partial charge in [0.15, 0.2) is 0 Å². The molecule has 0 radical (unpaired) electrons. The normalized spacial score (nSPS) is 11.3. The molecule has 3 rings (SSSR count). The summed E-state index contributed by atoms with van der Waals surface area (Å²) in [6.45, 7) is 3.84.